The van der Waals surface area contributed by atoms with E-state index in [1.54, 1.807) is 0 Å². The number of aliphatic carboxylic acids is 1. The standard InChI is InChI=1S/C10H7F3O4.C2H5NO2/c1-5(14)17-8-4-6(10(11,12)13)2-3-7(8)9(15)16;3-1-2(4)5/h2-4H,1H3,(H,15,16);1,3H2,(H,4,5). The van der Waals surface area contributed by atoms with Crippen molar-refractivity contribution >= 4 is 17.9 Å². The van der Waals surface area contributed by atoms with E-state index in [0.717, 1.165) is 13.0 Å². The molecule has 0 atom stereocenters. The van der Waals surface area contributed by atoms with Crippen LogP contribution in [0.5, 0.6) is 5.75 Å². The van der Waals surface area contributed by atoms with Crippen molar-refractivity contribution in [2.45, 2.75) is 13.1 Å². The van der Waals surface area contributed by atoms with Crippen LogP contribution in [0.25, 0.3) is 0 Å². The quantitative estimate of drug-likeness (QED) is 0.566. The molecule has 1 rings (SSSR count). The van der Waals surface area contributed by atoms with Crippen molar-refractivity contribution in [1.29, 1.82) is 0 Å². The predicted molar refractivity (Wildman–Crippen MR) is 66.4 cm³/mol. The molecule has 0 saturated carbocycles. The molecule has 0 unspecified atom stereocenters. The highest BCUT2D eigenvalue weighted by atomic mass is 19.4. The third-order valence-corrected chi connectivity index (χ3v) is 1.97. The number of carboxylic acids is 2. The smallest absolute Gasteiger partial charge is 0.416 e. The second-order valence-corrected chi connectivity index (χ2v) is 3.71. The van der Waals surface area contributed by atoms with E-state index in [-0.39, 0.29) is 6.54 Å². The summed E-state index contributed by atoms with van der Waals surface area (Å²) in [5.74, 6) is -3.97. The number of nitrogens with two attached hydrogens (primary N) is 1. The summed E-state index contributed by atoms with van der Waals surface area (Å²) >= 11 is 0. The predicted octanol–water partition coefficient (Wildman–Crippen LogP) is 1.36. The molecule has 0 fully saturated rings. The summed E-state index contributed by atoms with van der Waals surface area (Å²) in [5, 5.41) is 16.3. The van der Waals surface area contributed by atoms with E-state index >= 15 is 0 Å². The molecule has 0 amide bonds. The molecule has 7 nitrogen and oxygen atoms in total. The van der Waals surface area contributed by atoms with Crippen LogP contribution in [0, 0.1) is 0 Å². The lowest BCUT2D eigenvalue weighted by molar-refractivity contribution is -0.138. The highest BCUT2D eigenvalue weighted by Gasteiger charge is 2.32. The van der Waals surface area contributed by atoms with E-state index in [1.807, 2.05) is 0 Å². The fourth-order valence-electron chi connectivity index (χ4n) is 1.11. The lowest BCUT2D eigenvalue weighted by Gasteiger charge is -2.10. The average Bonchev–Trinajstić information content (AvgIpc) is 2.37. The van der Waals surface area contributed by atoms with Crippen LogP contribution < -0.4 is 10.5 Å². The Labute approximate surface area is 122 Å². The summed E-state index contributed by atoms with van der Waals surface area (Å²) in [4.78, 5) is 30.6. The molecule has 0 radical (unpaired) electrons. The molecule has 4 N–H and O–H groups in total. The Kier molecular flexibility index (Phi) is 7.03. The van der Waals surface area contributed by atoms with Crippen molar-refractivity contribution in [1.82, 2.24) is 0 Å². The minimum atomic E-state index is -4.63. The highest BCUT2D eigenvalue weighted by molar-refractivity contribution is 5.92. The number of alkyl halides is 3. The molecule has 0 aliphatic heterocycles. The molecule has 0 heterocycles. The Balaban J connectivity index is 0.000000763. The van der Waals surface area contributed by atoms with E-state index in [2.05, 4.69) is 10.5 Å². The fourth-order valence-corrected chi connectivity index (χ4v) is 1.11. The van der Waals surface area contributed by atoms with Crippen molar-refractivity contribution in [3.8, 4) is 5.75 Å². The van der Waals surface area contributed by atoms with Crippen molar-refractivity contribution in [3.05, 3.63) is 29.3 Å². The lowest BCUT2D eigenvalue weighted by atomic mass is 10.1. The fraction of sp³-hybridized carbons (Fsp3) is 0.250. The molecule has 1 aromatic carbocycles. The first-order valence-corrected chi connectivity index (χ1v) is 5.53. The summed E-state index contributed by atoms with van der Waals surface area (Å²) in [5.41, 5.74) is 2.98. The third kappa shape index (κ3) is 6.70. The average molecular weight is 323 g/mol. The maximum absolute atomic E-state index is 12.4. The molecule has 10 heteroatoms. The van der Waals surface area contributed by atoms with Gasteiger partial charge in [-0.2, -0.15) is 13.2 Å². The van der Waals surface area contributed by atoms with Crippen LogP contribution >= 0.6 is 0 Å². The van der Waals surface area contributed by atoms with Crippen LogP contribution in [0.4, 0.5) is 13.2 Å². The number of ether oxygens (including phenoxy) is 1. The number of halogens is 3. The first-order valence-electron chi connectivity index (χ1n) is 5.53. The number of carboxylic acid groups (broad SMARTS) is 2. The number of esters is 1. The number of carbonyl (C=O) groups is 3. The first kappa shape index (κ1) is 19.4. The normalized spacial score (nSPS) is 10.2. The number of hydrogen-bond acceptors (Lipinski definition) is 5. The van der Waals surface area contributed by atoms with Crippen LogP contribution in [-0.4, -0.2) is 34.7 Å². The minimum Gasteiger partial charge on any atom is -0.480 e. The van der Waals surface area contributed by atoms with Gasteiger partial charge in [-0.25, -0.2) is 4.79 Å². The molecule has 0 aromatic heterocycles. The number of aromatic carboxylic acids is 1. The topological polar surface area (TPSA) is 127 Å². The first-order chi connectivity index (χ1) is 9.98. The van der Waals surface area contributed by atoms with E-state index in [4.69, 9.17) is 10.2 Å². The number of hydrogen-bond donors (Lipinski definition) is 3. The van der Waals surface area contributed by atoms with Gasteiger partial charge in [0.15, 0.2) is 0 Å². The maximum atomic E-state index is 12.4. The second-order valence-electron chi connectivity index (χ2n) is 3.71. The largest absolute Gasteiger partial charge is 0.480 e. The molecule has 0 saturated heterocycles. The van der Waals surface area contributed by atoms with Gasteiger partial charge in [-0.15, -0.1) is 0 Å². The maximum Gasteiger partial charge on any atom is 0.416 e. The van der Waals surface area contributed by atoms with Gasteiger partial charge in [-0.1, -0.05) is 0 Å². The van der Waals surface area contributed by atoms with E-state index < -0.39 is 41.0 Å². The van der Waals surface area contributed by atoms with Gasteiger partial charge in [-0.3, -0.25) is 9.59 Å². The molecule has 0 aliphatic carbocycles. The lowest BCUT2D eigenvalue weighted by Crippen LogP contribution is -2.11. The Morgan fingerprint density at radius 1 is 1.23 bits per heavy atom. The Morgan fingerprint density at radius 2 is 1.73 bits per heavy atom. The summed E-state index contributed by atoms with van der Waals surface area (Å²) in [7, 11) is 0. The van der Waals surface area contributed by atoms with Gasteiger partial charge in [0.25, 0.3) is 0 Å². The Morgan fingerprint density at radius 3 is 2.05 bits per heavy atom. The molecule has 0 aliphatic rings. The molecule has 0 bridgehead atoms. The van der Waals surface area contributed by atoms with E-state index in [0.29, 0.717) is 12.1 Å². The monoisotopic (exact) mass is 323 g/mol. The zero-order chi connectivity index (χ0) is 17.5. The Hall–Kier alpha value is -2.62. The van der Waals surface area contributed by atoms with Gasteiger partial charge in [0, 0.05) is 6.92 Å². The summed E-state index contributed by atoms with van der Waals surface area (Å²) in [6.07, 6.45) is -4.63. The van der Waals surface area contributed by atoms with Gasteiger partial charge in [0.2, 0.25) is 0 Å². The molecule has 122 valence electrons. The van der Waals surface area contributed by atoms with Gasteiger partial charge < -0.3 is 20.7 Å². The van der Waals surface area contributed by atoms with Crippen LogP contribution in [0.15, 0.2) is 18.2 Å². The van der Waals surface area contributed by atoms with Gasteiger partial charge >= 0.3 is 24.1 Å². The molecular formula is C12H12F3NO6. The third-order valence-electron chi connectivity index (χ3n) is 1.97. The zero-order valence-corrected chi connectivity index (χ0v) is 11.2. The van der Waals surface area contributed by atoms with E-state index in [9.17, 15) is 27.6 Å². The van der Waals surface area contributed by atoms with Crippen LogP contribution in [0.2, 0.25) is 0 Å². The van der Waals surface area contributed by atoms with Gasteiger partial charge in [0.1, 0.15) is 11.3 Å². The van der Waals surface area contributed by atoms with Crippen molar-refractivity contribution in [2.24, 2.45) is 5.73 Å². The van der Waals surface area contributed by atoms with Crippen LogP contribution in [0.1, 0.15) is 22.8 Å². The van der Waals surface area contributed by atoms with Crippen molar-refractivity contribution in [3.63, 3.8) is 0 Å². The minimum absolute atomic E-state index is 0.278. The van der Waals surface area contributed by atoms with Gasteiger partial charge in [0.05, 0.1) is 12.1 Å². The van der Waals surface area contributed by atoms with Crippen LogP contribution in [-0.2, 0) is 15.8 Å². The molecule has 22 heavy (non-hydrogen) atoms. The summed E-state index contributed by atoms with van der Waals surface area (Å²) < 4.78 is 41.5. The molecular weight excluding hydrogens is 311 g/mol. The molecule has 0 spiro atoms. The molecule has 1 aromatic rings. The zero-order valence-electron chi connectivity index (χ0n) is 11.2. The Bertz CT molecular complexity index is 570. The summed E-state index contributed by atoms with van der Waals surface area (Å²) in [6, 6.07) is 1.82. The highest BCUT2D eigenvalue weighted by Crippen LogP contribution is 2.33. The SMILES string of the molecule is CC(=O)Oc1cc(C(F)(F)F)ccc1C(=O)O.NCC(=O)O. The van der Waals surface area contributed by atoms with Crippen molar-refractivity contribution < 1.29 is 42.5 Å². The second kappa shape index (κ2) is 7.98. The van der Waals surface area contributed by atoms with Crippen molar-refractivity contribution in [2.75, 3.05) is 6.54 Å². The van der Waals surface area contributed by atoms with E-state index in [1.165, 1.54) is 0 Å². The van der Waals surface area contributed by atoms with Crippen LogP contribution in [0.3, 0.4) is 0 Å². The summed E-state index contributed by atoms with van der Waals surface area (Å²) in [6.45, 7) is 0.686. The number of rotatable bonds is 3. The number of benzene rings is 1. The number of carbonyl (C=O) groups excluding carboxylic acids is 1. The van der Waals surface area contributed by atoms with Gasteiger partial charge in [-0.05, 0) is 18.2 Å².